The average Bonchev–Trinajstić information content (AvgIpc) is 2.78. The molecule has 3 rings (SSSR count). The van der Waals surface area contributed by atoms with Crippen LogP contribution in [0.2, 0.25) is 0 Å². The summed E-state index contributed by atoms with van der Waals surface area (Å²) in [5, 5.41) is 0. The maximum atomic E-state index is 4.69. The Balaban J connectivity index is 2.09. The highest BCUT2D eigenvalue weighted by atomic mass is 15.2. The lowest BCUT2D eigenvalue weighted by atomic mass is 10.1. The lowest BCUT2D eigenvalue weighted by molar-refractivity contribution is 0.384. The van der Waals surface area contributed by atoms with Crippen molar-refractivity contribution in [1.82, 2.24) is 19.4 Å². The minimum Gasteiger partial charge on any atom is -0.321 e. The number of hydrogen-bond donors (Lipinski definition) is 0. The van der Waals surface area contributed by atoms with E-state index in [0.717, 1.165) is 30.1 Å². The number of aromatic nitrogens is 3. The molecule has 0 spiro atoms. The highest BCUT2D eigenvalue weighted by molar-refractivity contribution is 5.71. The molecule has 3 aromatic rings. The number of fused-ring (bicyclic) bond motifs is 1. The molecule has 21 heavy (non-hydrogen) atoms. The van der Waals surface area contributed by atoms with Crippen molar-refractivity contribution in [2.75, 3.05) is 14.1 Å². The van der Waals surface area contributed by atoms with Crippen LogP contribution < -0.4 is 0 Å². The number of aryl methyl sites for hydroxylation is 1. The Kier molecular flexibility index (Phi) is 3.71. The van der Waals surface area contributed by atoms with E-state index < -0.39 is 0 Å². The van der Waals surface area contributed by atoms with Gasteiger partial charge in [-0.1, -0.05) is 24.3 Å². The zero-order valence-corrected chi connectivity index (χ0v) is 12.7. The number of hydrogen-bond acceptors (Lipinski definition) is 3. The molecule has 0 aliphatic heterocycles. The topological polar surface area (TPSA) is 34.0 Å². The third-order valence-corrected chi connectivity index (χ3v) is 3.65. The van der Waals surface area contributed by atoms with Gasteiger partial charge in [0.1, 0.15) is 5.82 Å². The summed E-state index contributed by atoms with van der Waals surface area (Å²) in [5.74, 6) is 1.05. The van der Waals surface area contributed by atoms with E-state index in [1.54, 1.807) is 6.20 Å². The van der Waals surface area contributed by atoms with Crippen LogP contribution in [0.15, 0.2) is 42.6 Å². The summed E-state index contributed by atoms with van der Waals surface area (Å²) in [6.07, 6.45) is 1.80. The highest BCUT2D eigenvalue weighted by Gasteiger charge is 2.13. The Morgan fingerprint density at radius 1 is 1.10 bits per heavy atom. The van der Waals surface area contributed by atoms with Gasteiger partial charge in [-0.3, -0.25) is 0 Å². The predicted octanol–water partition coefficient (Wildman–Crippen LogP) is 2.85. The normalized spacial score (nSPS) is 11.4. The van der Waals surface area contributed by atoms with Crippen molar-refractivity contribution < 1.29 is 0 Å². The first-order valence-corrected chi connectivity index (χ1v) is 7.14. The molecule has 0 radical (unpaired) electrons. The third-order valence-electron chi connectivity index (χ3n) is 3.65. The van der Waals surface area contributed by atoms with Crippen molar-refractivity contribution in [3.8, 4) is 0 Å². The molecule has 2 aromatic heterocycles. The standard InChI is InChI=1S/C17H20N4/c1-13-7-4-5-8-14(13)11-21-15-9-6-10-18-17(15)19-16(21)12-20(2)3/h4-10H,11-12H2,1-3H3. The summed E-state index contributed by atoms with van der Waals surface area (Å²) in [6.45, 7) is 3.79. The van der Waals surface area contributed by atoms with Gasteiger partial charge >= 0.3 is 0 Å². The molecule has 0 N–H and O–H groups in total. The van der Waals surface area contributed by atoms with E-state index in [9.17, 15) is 0 Å². The molecule has 0 atom stereocenters. The Labute approximate surface area is 125 Å². The van der Waals surface area contributed by atoms with Crippen LogP contribution in [0, 0.1) is 6.92 Å². The first kappa shape index (κ1) is 13.8. The zero-order valence-electron chi connectivity index (χ0n) is 12.7. The number of pyridine rings is 1. The van der Waals surface area contributed by atoms with Gasteiger partial charge in [0, 0.05) is 12.7 Å². The summed E-state index contributed by atoms with van der Waals surface area (Å²) in [6, 6.07) is 12.6. The van der Waals surface area contributed by atoms with Crippen LogP contribution >= 0.6 is 0 Å². The van der Waals surface area contributed by atoms with Crippen molar-refractivity contribution in [3.05, 3.63) is 59.5 Å². The van der Waals surface area contributed by atoms with Crippen molar-refractivity contribution in [3.63, 3.8) is 0 Å². The second-order valence-corrected chi connectivity index (χ2v) is 5.62. The summed E-state index contributed by atoms with van der Waals surface area (Å²) in [5.41, 5.74) is 4.54. The molecule has 0 bridgehead atoms. The second kappa shape index (κ2) is 5.66. The van der Waals surface area contributed by atoms with E-state index >= 15 is 0 Å². The van der Waals surface area contributed by atoms with Gasteiger partial charge in [-0.15, -0.1) is 0 Å². The Morgan fingerprint density at radius 2 is 1.90 bits per heavy atom. The maximum absolute atomic E-state index is 4.69. The molecule has 0 unspecified atom stereocenters. The fourth-order valence-electron chi connectivity index (χ4n) is 2.54. The van der Waals surface area contributed by atoms with Gasteiger partial charge in [0.15, 0.2) is 5.65 Å². The SMILES string of the molecule is Cc1ccccc1Cn1c(CN(C)C)nc2ncccc21. The fourth-order valence-corrected chi connectivity index (χ4v) is 2.54. The minimum absolute atomic E-state index is 0.808. The van der Waals surface area contributed by atoms with Crippen LogP contribution in [-0.4, -0.2) is 33.5 Å². The average molecular weight is 280 g/mol. The van der Waals surface area contributed by atoms with E-state index in [0.29, 0.717) is 0 Å². The van der Waals surface area contributed by atoms with Crippen LogP contribution in [0.5, 0.6) is 0 Å². The van der Waals surface area contributed by atoms with E-state index in [-0.39, 0.29) is 0 Å². The van der Waals surface area contributed by atoms with E-state index in [1.807, 2.05) is 6.07 Å². The van der Waals surface area contributed by atoms with Crippen LogP contribution in [0.1, 0.15) is 17.0 Å². The molecular formula is C17H20N4. The molecule has 108 valence electrons. The van der Waals surface area contributed by atoms with Crippen molar-refractivity contribution in [1.29, 1.82) is 0 Å². The number of nitrogens with zero attached hydrogens (tertiary/aromatic N) is 4. The lowest BCUT2D eigenvalue weighted by Crippen LogP contribution is -2.16. The highest BCUT2D eigenvalue weighted by Crippen LogP contribution is 2.18. The molecule has 4 heteroatoms. The van der Waals surface area contributed by atoms with E-state index in [1.165, 1.54) is 11.1 Å². The summed E-state index contributed by atoms with van der Waals surface area (Å²) in [4.78, 5) is 11.2. The van der Waals surface area contributed by atoms with Crippen LogP contribution in [0.4, 0.5) is 0 Å². The van der Waals surface area contributed by atoms with Crippen LogP contribution in [0.25, 0.3) is 11.2 Å². The minimum atomic E-state index is 0.808. The molecule has 0 saturated carbocycles. The molecule has 0 saturated heterocycles. The quantitative estimate of drug-likeness (QED) is 0.737. The Morgan fingerprint density at radius 3 is 2.67 bits per heavy atom. The van der Waals surface area contributed by atoms with Crippen molar-refractivity contribution >= 4 is 11.2 Å². The molecule has 4 nitrogen and oxygen atoms in total. The summed E-state index contributed by atoms with van der Waals surface area (Å²) >= 11 is 0. The molecule has 0 aliphatic carbocycles. The fraction of sp³-hybridized carbons (Fsp3) is 0.294. The lowest BCUT2D eigenvalue weighted by Gasteiger charge is -2.14. The largest absolute Gasteiger partial charge is 0.321 e. The van der Waals surface area contributed by atoms with Crippen molar-refractivity contribution in [2.24, 2.45) is 0 Å². The number of imidazole rings is 1. The Bertz CT molecular complexity index is 758. The molecule has 0 amide bonds. The van der Waals surface area contributed by atoms with Gasteiger partial charge < -0.3 is 9.47 Å². The van der Waals surface area contributed by atoms with Gasteiger partial charge in [0.05, 0.1) is 12.1 Å². The summed E-state index contributed by atoms with van der Waals surface area (Å²) in [7, 11) is 4.12. The smallest absolute Gasteiger partial charge is 0.177 e. The number of rotatable bonds is 4. The van der Waals surface area contributed by atoms with Gasteiger partial charge in [0.25, 0.3) is 0 Å². The van der Waals surface area contributed by atoms with Gasteiger partial charge in [-0.25, -0.2) is 9.97 Å². The summed E-state index contributed by atoms with van der Waals surface area (Å²) < 4.78 is 2.27. The molecule has 2 heterocycles. The number of benzene rings is 1. The monoisotopic (exact) mass is 280 g/mol. The second-order valence-electron chi connectivity index (χ2n) is 5.62. The van der Waals surface area contributed by atoms with Gasteiger partial charge in [0.2, 0.25) is 0 Å². The van der Waals surface area contributed by atoms with Crippen LogP contribution in [-0.2, 0) is 13.1 Å². The first-order chi connectivity index (χ1) is 10.1. The van der Waals surface area contributed by atoms with Gasteiger partial charge in [-0.2, -0.15) is 0 Å². The molecule has 0 fully saturated rings. The van der Waals surface area contributed by atoms with E-state index in [2.05, 4.69) is 70.8 Å². The predicted molar refractivity (Wildman–Crippen MR) is 85.2 cm³/mol. The zero-order chi connectivity index (χ0) is 14.8. The molecular weight excluding hydrogens is 260 g/mol. The van der Waals surface area contributed by atoms with E-state index in [4.69, 9.17) is 0 Å². The molecule has 0 aliphatic rings. The van der Waals surface area contributed by atoms with Crippen molar-refractivity contribution in [2.45, 2.75) is 20.0 Å². The molecule has 1 aromatic carbocycles. The first-order valence-electron chi connectivity index (χ1n) is 7.14. The third kappa shape index (κ3) is 2.81. The maximum Gasteiger partial charge on any atom is 0.177 e. The Hall–Kier alpha value is -2.20. The van der Waals surface area contributed by atoms with Crippen LogP contribution in [0.3, 0.4) is 0 Å². The van der Waals surface area contributed by atoms with Gasteiger partial charge in [-0.05, 0) is 44.3 Å².